The second kappa shape index (κ2) is 6.44. The maximum atomic E-state index is 12.5. The summed E-state index contributed by atoms with van der Waals surface area (Å²) in [6.45, 7) is 5.20. The third kappa shape index (κ3) is 2.76. The first-order valence-electron chi connectivity index (χ1n) is 8.75. The Hall–Kier alpha value is -2.47. The van der Waals surface area contributed by atoms with Gasteiger partial charge in [-0.3, -0.25) is 4.79 Å². The number of esters is 1. The molecule has 6 nitrogen and oxygen atoms in total. The summed E-state index contributed by atoms with van der Waals surface area (Å²) in [4.78, 5) is 14.7. The van der Waals surface area contributed by atoms with E-state index in [4.69, 9.17) is 4.74 Å². The van der Waals surface area contributed by atoms with E-state index in [0.29, 0.717) is 19.7 Å². The first-order valence-corrected chi connectivity index (χ1v) is 8.75. The highest BCUT2D eigenvalue weighted by atomic mass is 16.5. The molecule has 0 spiro atoms. The van der Waals surface area contributed by atoms with E-state index in [1.807, 2.05) is 49.4 Å². The minimum Gasteiger partial charge on any atom is -0.465 e. The molecule has 2 atom stereocenters. The van der Waals surface area contributed by atoms with Gasteiger partial charge in [0.2, 0.25) is 0 Å². The summed E-state index contributed by atoms with van der Waals surface area (Å²) in [6.07, 6.45) is 0. The van der Waals surface area contributed by atoms with Crippen LogP contribution in [-0.4, -0.2) is 49.0 Å². The van der Waals surface area contributed by atoms with E-state index in [-0.39, 0.29) is 11.9 Å². The Labute approximate surface area is 147 Å². The van der Waals surface area contributed by atoms with Crippen molar-refractivity contribution < 1.29 is 9.53 Å². The van der Waals surface area contributed by atoms with Crippen LogP contribution in [0.5, 0.6) is 0 Å². The number of hydrogen-bond donors (Lipinski definition) is 1. The van der Waals surface area contributed by atoms with Crippen molar-refractivity contribution in [1.29, 1.82) is 0 Å². The van der Waals surface area contributed by atoms with Gasteiger partial charge in [0.25, 0.3) is 0 Å². The molecule has 2 unspecified atom stereocenters. The molecular formula is C19H22N4O2. The largest absolute Gasteiger partial charge is 0.465 e. The van der Waals surface area contributed by atoms with Gasteiger partial charge in [0.05, 0.1) is 12.3 Å². The average Bonchev–Trinajstić information content (AvgIpc) is 3.21. The highest BCUT2D eigenvalue weighted by molar-refractivity contribution is 5.80. The molecule has 1 aromatic heterocycles. The van der Waals surface area contributed by atoms with Crippen molar-refractivity contribution in [3.8, 4) is 11.3 Å². The van der Waals surface area contributed by atoms with E-state index in [0.717, 1.165) is 30.2 Å². The molecule has 2 aliphatic heterocycles. The lowest BCUT2D eigenvalue weighted by Crippen LogP contribution is -2.41. The van der Waals surface area contributed by atoms with Crippen molar-refractivity contribution in [2.75, 3.05) is 37.7 Å². The SMILES string of the molecule is CCOC(=O)C12CNCC1CN(c1ccc(-c3ccccc3)nn1)C2. The van der Waals surface area contributed by atoms with Crippen molar-refractivity contribution in [3.63, 3.8) is 0 Å². The fraction of sp³-hybridized carbons (Fsp3) is 0.421. The van der Waals surface area contributed by atoms with Gasteiger partial charge in [0, 0.05) is 37.7 Å². The lowest BCUT2D eigenvalue weighted by atomic mass is 9.81. The summed E-state index contributed by atoms with van der Waals surface area (Å²) >= 11 is 0. The zero-order valence-electron chi connectivity index (χ0n) is 14.3. The predicted molar refractivity (Wildman–Crippen MR) is 95.1 cm³/mol. The number of anilines is 1. The van der Waals surface area contributed by atoms with Gasteiger partial charge < -0.3 is 15.0 Å². The van der Waals surface area contributed by atoms with Gasteiger partial charge >= 0.3 is 5.97 Å². The first-order chi connectivity index (χ1) is 12.2. The van der Waals surface area contributed by atoms with Gasteiger partial charge in [0.1, 0.15) is 5.41 Å². The fourth-order valence-corrected chi connectivity index (χ4v) is 3.91. The minimum atomic E-state index is -0.463. The number of hydrogen-bond acceptors (Lipinski definition) is 6. The van der Waals surface area contributed by atoms with Gasteiger partial charge in [-0.05, 0) is 19.1 Å². The monoisotopic (exact) mass is 338 g/mol. The van der Waals surface area contributed by atoms with E-state index < -0.39 is 5.41 Å². The minimum absolute atomic E-state index is 0.0960. The predicted octanol–water partition coefficient (Wildman–Crippen LogP) is 1.73. The second-order valence-corrected chi connectivity index (χ2v) is 6.73. The van der Waals surface area contributed by atoms with Crippen molar-refractivity contribution in [3.05, 3.63) is 42.5 Å². The summed E-state index contributed by atoms with van der Waals surface area (Å²) in [7, 11) is 0. The Kier molecular flexibility index (Phi) is 4.13. The topological polar surface area (TPSA) is 67.3 Å². The molecule has 1 N–H and O–H groups in total. The lowest BCUT2D eigenvalue weighted by Gasteiger charge is -2.25. The number of benzene rings is 1. The molecule has 2 fully saturated rings. The van der Waals surface area contributed by atoms with Crippen molar-refractivity contribution in [2.24, 2.45) is 11.3 Å². The Morgan fingerprint density at radius 1 is 1.28 bits per heavy atom. The maximum Gasteiger partial charge on any atom is 0.315 e. The van der Waals surface area contributed by atoms with Crippen LogP contribution in [0.4, 0.5) is 5.82 Å². The summed E-state index contributed by atoms with van der Waals surface area (Å²) in [5.41, 5.74) is 1.44. The number of aromatic nitrogens is 2. The molecule has 2 saturated heterocycles. The fourth-order valence-electron chi connectivity index (χ4n) is 3.91. The average molecular weight is 338 g/mol. The number of carbonyl (C=O) groups excluding carboxylic acids is 1. The van der Waals surface area contributed by atoms with E-state index in [9.17, 15) is 4.79 Å². The van der Waals surface area contributed by atoms with Crippen LogP contribution in [0, 0.1) is 11.3 Å². The first kappa shape index (κ1) is 16.0. The number of nitrogens with one attached hydrogen (secondary N) is 1. The molecule has 0 aliphatic carbocycles. The molecule has 25 heavy (non-hydrogen) atoms. The molecule has 0 saturated carbocycles. The molecule has 2 aromatic rings. The second-order valence-electron chi connectivity index (χ2n) is 6.73. The van der Waals surface area contributed by atoms with Crippen LogP contribution in [-0.2, 0) is 9.53 Å². The van der Waals surface area contributed by atoms with Crippen LogP contribution < -0.4 is 10.2 Å². The van der Waals surface area contributed by atoms with Crippen LogP contribution in [0.1, 0.15) is 6.92 Å². The van der Waals surface area contributed by atoms with Gasteiger partial charge in [-0.25, -0.2) is 0 Å². The molecule has 3 heterocycles. The van der Waals surface area contributed by atoms with Crippen molar-refractivity contribution >= 4 is 11.8 Å². The summed E-state index contributed by atoms with van der Waals surface area (Å²) in [5, 5.41) is 12.1. The quantitative estimate of drug-likeness (QED) is 0.857. The van der Waals surface area contributed by atoms with E-state index in [1.165, 1.54) is 0 Å². The van der Waals surface area contributed by atoms with Gasteiger partial charge in [-0.2, -0.15) is 0 Å². The standard InChI is InChI=1S/C19H22N4O2/c1-2-25-18(24)19-12-20-10-15(19)11-23(13-19)17-9-8-16(21-22-17)14-6-4-3-5-7-14/h3-9,15,20H,2,10-13H2,1H3. The summed E-state index contributed by atoms with van der Waals surface area (Å²) in [5.74, 6) is 0.973. The van der Waals surface area contributed by atoms with Crippen LogP contribution >= 0.6 is 0 Å². The molecule has 0 bridgehead atoms. The van der Waals surface area contributed by atoms with Crippen molar-refractivity contribution in [1.82, 2.24) is 15.5 Å². The molecule has 0 amide bonds. The Bertz CT molecular complexity index is 750. The van der Waals surface area contributed by atoms with Crippen molar-refractivity contribution in [2.45, 2.75) is 6.92 Å². The zero-order chi connectivity index (χ0) is 17.3. The molecule has 130 valence electrons. The van der Waals surface area contributed by atoms with Crippen LogP contribution in [0.3, 0.4) is 0 Å². The van der Waals surface area contributed by atoms with Gasteiger partial charge in [0.15, 0.2) is 5.82 Å². The molecule has 1 aromatic carbocycles. The molecule has 4 rings (SSSR count). The third-order valence-corrected chi connectivity index (χ3v) is 5.25. The van der Waals surface area contributed by atoms with Crippen LogP contribution in [0.2, 0.25) is 0 Å². The Morgan fingerprint density at radius 2 is 2.12 bits per heavy atom. The maximum absolute atomic E-state index is 12.5. The lowest BCUT2D eigenvalue weighted by molar-refractivity contribution is -0.154. The molecule has 6 heteroatoms. The highest BCUT2D eigenvalue weighted by Crippen LogP contribution is 2.41. The molecule has 2 aliphatic rings. The normalized spacial score (nSPS) is 25.0. The number of carbonyl (C=O) groups is 1. The van der Waals surface area contributed by atoms with Gasteiger partial charge in [-0.15, -0.1) is 10.2 Å². The number of nitrogens with zero attached hydrogens (tertiary/aromatic N) is 3. The summed E-state index contributed by atoms with van der Waals surface area (Å²) < 4.78 is 5.35. The number of rotatable bonds is 4. The van der Waals surface area contributed by atoms with E-state index in [2.05, 4.69) is 20.4 Å². The number of ether oxygens (including phenoxy) is 1. The Balaban J connectivity index is 1.54. The molecule has 0 radical (unpaired) electrons. The van der Waals surface area contributed by atoms with Crippen LogP contribution in [0.25, 0.3) is 11.3 Å². The smallest absolute Gasteiger partial charge is 0.315 e. The molecular weight excluding hydrogens is 316 g/mol. The zero-order valence-corrected chi connectivity index (χ0v) is 14.3. The third-order valence-electron chi connectivity index (χ3n) is 5.25. The Morgan fingerprint density at radius 3 is 2.84 bits per heavy atom. The number of fused-ring (bicyclic) bond motifs is 1. The van der Waals surface area contributed by atoms with Crippen LogP contribution in [0.15, 0.2) is 42.5 Å². The van der Waals surface area contributed by atoms with E-state index >= 15 is 0 Å². The van der Waals surface area contributed by atoms with Gasteiger partial charge in [-0.1, -0.05) is 30.3 Å². The highest BCUT2D eigenvalue weighted by Gasteiger charge is 2.56. The summed E-state index contributed by atoms with van der Waals surface area (Å²) in [6, 6.07) is 14.0. The van der Waals surface area contributed by atoms with E-state index in [1.54, 1.807) is 0 Å².